The Morgan fingerprint density at radius 1 is 1.50 bits per heavy atom. The summed E-state index contributed by atoms with van der Waals surface area (Å²) in [4.78, 5) is 0. The van der Waals surface area contributed by atoms with Gasteiger partial charge in [0.1, 0.15) is 0 Å². The van der Waals surface area contributed by atoms with Crippen LogP contribution < -0.4 is 18.9 Å². The minimum absolute atomic E-state index is 0. The van der Waals surface area contributed by atoms with Crippen LogP contribution in [0.5, 0.6) is 0 Å². The largest absolute Gasteiger partial charge is 1.00 e. The minimum Gasteiger partial charge on any atom is -0.620 e. The summed E-state index contributed by atoms with van der Waals surface area (Å²) in [5, 5.41) is 2.19. The third-order valence-corrected chi connectivity index (χ3v) is 2.92. The van der Waals surface area contributed by atoms with Crippen molar-refractivity contribution in [3.05, 3.63) is 29.4 Å². The zero-order valence-electron chi connectivity index (χ0n) is 10.4. The Hall–Kier alpha value is -0.203. The summed E-state index contributed by atoms with van der Waals surface area (Å²) in [5.41, 5.74) is 5.78. The first-order chi connectivity index (χ1) is 7.40. The van der Waals surface area contributed by atoms with Gasteiger partial charge in [0, 0.05) is 13.2 Å². The summed E-state index contributed by atoms with van der Waals surface area (Å²) in [5.74, 6) is 0. The Bertz CT molecular complexity index is 266. The fraction of sp³-hybridized carbons (Fsp3) is 0.667. The summed E-state index contributed by atoms with van der Waals surface area (Å²) < 4.78 is 5.21. The average Bonchev–Trinajstić information content (AvgIpc) is 2.68. The normalized spacial score (nSPS) is 25.1. The van der Waals surface area contributed by atoms with Crippen molar-refractivity contribution in [3.63, 3.8) is 0 Å². The Morgan fingerprint density at radius 2 is 2.38 bits per heavy atom. The molecule has 1 saturated heterocycles. The second-order valence-electron chi connectivity index (χ2n) is 4.12. The molecule has 1 aliphatic carbocycles. The van der Waals surface area contributed by atoms with Gasteiger partial charge in [-0.1, -0.05) is 18.2 Å². The van der Waals surface area contributed by atoms with Crippen LogP contribution >= 0.6 is 0 Å². The van der Waals surface area contributed by atoms with Gasteiger partial charge in [0.25, 0.3) is 0 Å². The van der Waals surface area contributed by atoms with Gasteiger partial charge in [-0.05, 0) is 32.2 Å². The molecule has 0 N–H and O–H groups in total. The van der Waals surface area contributed by atoms with E-state index in [1.165, 1.54) is 12.8 Å². The molecular formula is C12H19LiN2O. The van der Waals surface area contributed by atoms with Crippen molar-refractivity contribution in [2.24, 2.45) is 0 Å². The molecule has 0 aromatic rings. The van der Waals surface area contributed by atoms with Crippen molar-refractivity contribution in [1.29, 1.82) is 0 Å². The first kappa shape index (κ1) is 13.9. The molecule has 1 atom stereocenters. The molecule has 0 bridgehead atoms. The maximum Gasteiger partial charge on any atom is 1.00 e. The van der Waals surface area contributed by atoms with Crippen LogP contribution in [-0.4, -0.2) is 31.3 Å². The van der Waals surface area contributed by atoms with Crippen molar-refractivity contribution in [3.8, 4) is 0 Å². The molecule has 1 aliphatic heterocycles. The fourth-order valence-corrected chi connectivity index (χ4v) is 2.14. The van der Waals surface area contributed by atoms with Crippen LogP contribution in [0, 0.1) is 0 Å². The number of allylic oxidation sites excluding steroid dienone is 3. The summed E-state index contributed by atoms with van der Waals surface area (Å²) in [7, 11) is 1.76. The molecule has 4 heteroatoms. The van der Waals surface area contributed by atoms with E-state index in [1.54, 1.807) is 7.11 Å². The second-order valence-corrected chi connectivity index (χ2v) is 4.12. The molecule has 2 aliphatic rings. The predicted molar refractivity (Wildman–Crippen MR) is 61.4 cm³/mol. The molecule has 3 nitrogen and oxygen atoms in total. The summed E-state index contributed by atoms with van der Waals surface area (Å²) >= 11 is 0. The first-order valence-electron chi connectivity index (χ1n) is 5.74. The van der Waals surface area contributed by atoms with Gasteiger partial charge >= 0.3 is 18.9 Å². The molecule has 1 unspecified atom stereocenters. The van der Waals surface area contributed by atoms with Crippen LogP contribution in [0.1, 0.15) is 25.7 Å². The van der Waals surface area contributed by atoms with E-state index in [2.05, 4.69) is 28.7 Å². The zero-order chi connectivity index (χ0) is 10.5. The van der Waals surface area contributed by atoms with Crippen LogP contribution in [0.15, 0.2) is 23.9 Å². The van der Waals surface area contributed by atoms with E-state index < -0.39 is 0 Å². The molecule has 1 heterocycles. The molecule has 0 radical (unpaired) electrons. The van der Waals surface area contributed by atoms with Gasteiger partial charge in [0.15, 0.2) is 0 Å². The van der Waals surface area contributed by atoms with Crippen LogP contribution in [0.2, 0.25) is 0 Å². The Balaban J connectivity index is 0.00000128. The topological polar surface area (TPSA) is 26.6 Å². The third kappa shape index (κ3) is 3.67. The number of hydrogen-bond donors (Lipinski definition) is 0. The monoisotopic (exact) mass is 214 g/mol. The molecule has 0 saturated carbocycles. The third-order valence-electron chi connectivity index (χ3n) is 2.92. The van der Waals surface area contributed by atoms with Crippen LogP contribution in [-0.2, 0) is 4.74 Å². The van der Waals surface area contributed by atoms with Crippen LogP contribution in [0.3, 0.4) is 0 Å². The van der Waals surface area contributed by atoms with Gasteiger partial charge < -0.3 is 15.2 Å². The summed E-state index contributed by atoms with van der Waals surface area (Å²) in [6.07, 6.45) is 11.2. The summed E-state index contributed by atoms with van der Waals surface area (Å²) in [6, 6.07) is 0.478. The number of rotatable bonds is 4. The molecule has 0 aromatic heterocycles. The first-order valence-corrected chi connectivity index (χ1v) is 5.74. The minimum atomic E-state index is 0. The quantitative estimate of drug-likeness (QED) is 0.597. The SMILES string of the molecule is COCC1CCCN1[N-]C1=CCCC=C1.[Li+]. The van der Waals surface area contributed by atoms with Crippen LogP contribution in [0.4, 0.5) is 0 Å². The molecule has 84 valence electrons. The maximum absolute atomic E-state index is 5.21. The van der Waals surface area contributed by atoms with Crippen molar-refractivity contribution in [1.82, 2.24) is 5.01 Å². The van der Waals surface area contributed by atoms with E-state index >= 15 is 0 Å². The Kier molecular flexibility index (Phi) is 6.23. The van der Waals surface area contributed by atoms with Crippen molar-refractivity contribution >= 4 is 0 Å². The molecule has 2 rings (SSSR count). The average molecular weight is 214 g/mol. The number of nitrogens with zero attached hydrogens (tertiary/aromatic N) is 2. The molecule has 0 aromatic carbocycles. The van der Waals surface area contributed by atoms with E-state index in [-0.39, 0.29) is 18.9 Å². The molecule has 16 heavy (non-hydrogen) atoms. The Morgan fingerprint density at radius 3 is 3.06 bits per heavy atom. The van der Waals surface area contributed by atoms with Gasteiger partial charge in [-0.25, -0.2) is 0 Å². The molecule has 1 fully saturated rings. The fourth-order valence-electron chi connectivity index (χ4n) is 2.14. The van der Waals surface area contributed by atoms with Crippen molar-refractivity contribution < 1.29 is 23.6 Å². The van der Waals surface area contributed by atoms with Crippen LogP contribution in [0.25, 0.3) is 5.43 Å². The number of hydrogen-bond acceptors (Lipinski definition) is 2. The second kappa shape index (κ2) is 7.19. The standard InChI is InChI=1S/C12H19N2O.Li/c1-15-10-12-8-5-9-14(12)13-11-6-3-2-4-7-11;/h3,6-7,12H,2,4-5,8-10H2,1H3;/q-1;+1. The van der Waals surface area contributed by atoms with Gasteiger partial charge in [-0.3, -0.25) is 0 Å². The zero-order valence-corrected chi connectivity index (χ0v) is 10.4. The number of ether oxygens (including phenoxy) is 1. The molecule has 0 spiro atoms. The van der Waals surface area contributed by atoms with Gasteiger partial charge in [0.05, 0.1) is 6.61 Å². The van der Waals surface area contributed by atoms with E-state index in [1.807, 2.05) is 0 Å². The summed E-state index contributed by atoms with van der Waals surface area (Å²) in [6.45, 7) is 1.86. The van der Waals surface area contributed by atoms with Crippen molar-refractivity contribution in [2.75, 3.05) is 20.3 Å². The van der Waals surface area contributed by atoms with E-state index in [0.29, 0.717) is 6.04 Å². The van der Waals surface area contributed by atoms with Crippen molar-refractivity contribution in [2.45, 2.75) is 31.7 Å². The van der Waals surface area contributed by atoms with Gasteiger partial charge in [-0.2, -0.15) is 0 Å². The Labute approximate surface area is 110 Å². The van der Waals surface area contributed by atoms with Gasteiger partial charge in [0.2, 0.25) is 0 Å². The van der Waals surface area contributed by atoms with E-state index in [9.17, 15) is 0 Å². The molecular weight excluding hydrogens is 195 g/mol. The molecule has 0 amide bonds. The number of methoxy groups -OCH3 is 1. The smallest absolute Gasteiger partial charge is 0.620 e. The van der Waals surface area contributed by atoms with Gasteiger partial charge in [-0.15, -0.1) is 5.70 Å². The predicted octanol–water partition coefficient (Wildman–Crippen LogP) is -0.376. The van der Waals surface area contributed by atoms with E-state index in [0.717, 1.165) is 31.7 Å². The van der Waals surface area contributed by atoms with E-state index in [4.69, 9.17) is 4.74 Å². The maximum atomic E-state index is 5.21.